The van der Waals surface area contributed by atoms with E-state index in [9.17, 15) is 32.7 Å². The van der Waals surface area contributed by atoms with Gasteiger partial charge in [0.1, 0.15) is 23.4 Å². The number of ether oxygens (including phenoxy) is 1. The van der Waals surface area contributed by atoms with E-state index >= 15 is 4.39 Å². The molecule has 8 nitrogen and oxygen atoms in total. The highest BCUT2D eigenvalue weighted by Gasteiger charge is 2.36. The number of aliphatic carboxylic acids is 1. The van der Waals surface area contributed by atoms with Crippen molar-refractivity contribution in [3.63, 3.8) is 0 Å². The van der Waals surface area contributed by atoms with Gasteiger partial charge >= 0.3 is 12.1 Å². The van der Waals surface area contributed by atoms with E-state index in [0.29, 0.717) is 22.9 Å². The summed E-state index contributed by atoms with van der Waals surface area (Å²) in [5.74, 6) is -2.34. The van der Waals surface area contributed by atoms with Gasteiger partial charge in [-0.05, 0) is 92.5 Å². The minimum atomic E-state index is -4.83. The summed E-state index contributed by atoms with van der Waals surface area (Å²) in [4.78, 5) is 41.4. The van der Waals surface area contributed by atoms with Gasteiger partial charge in [-0.1, -0.05) is 24.3 Å². The number of halogens is 4. The molecule has 0 aliphatic carbocycles. The van der Waals surface area contributed by atoms with Gasteiger partial charge in [-0.2, -0.15) is 13.2 Å². The predicted octanol–water partition coefficient (Wildman–Crippen LogP) is 6.42. The SMILES string of the molecule is Cc1cc2cc(c1F)[C@@H](CC(=O)O)NC(=O)[C@@H](n1cc(CCN(C)C)c(C(F)(F)F)cc1=O)c1cccc(c1)Oc1cccc(C)c1-2. The zero-order chi connectivity index (χ0) is 34.2. The number of carboxylic acids is 1. The Morgan fingerprint density at radius 2 is 1.74 bits per heavy atom. The monoisotopic (exact) mass is 651 g/mol. The molecule has 3 aromatic carbocycles. The van der Waals surface area contributed by atoms with Crippen LogP contribution in [0, 0.1) is 19.7 Å². The van der Waals surface area contributed by atoms with Crippen molar-refractivity contribution in [3.8, 4) is 22.6 Å². The summed E-state index contributed by atoms with van der Waals surface area (Å²) in [5, 5.41) is 12.4. The van der Waals surface area contributed by atoms with E-state index in [4.69, 9.17) is 4.74 Å². The fourth-order valence-electron chi connectivity index (χ4n) is 5.87. The summed E-state index contributed by atoms with van der Waals surface area (Å²) in [6.07, 6.45) is -4.62. The van der Waals surface area contributed by atoms with Crippen LogP contribution in [0.4, 0.5) is 17.6 Å². The van der Waals surface area contributed by atoms with Gasteiger partial charge in [-0.15, -0.1) is 0 Å². The standard InChI is InChI=1S/C35H33F4N3O5/c1-19-7-5-10-28-31(19)23-13-20(2)32(36)25(15-23)27(17-30(44)45)40-34(46)33(21-8-6-9-24(14-21)47-28)42-18-22(11-12-41(3)4)26(16-29(42)43)35(37,38)39/h5-10,13-16,18,27,33H,11-12,17H2,1-4H3,(H,40,46)(H,44,45)/t27-,33+/m1/s1. The van der Waals surface area contributed by atoms with Crippen LogP contribution >= 0.6 is 0 Å². The number of rotatable bonds is 6. The molecule has 2 heterocycles. The van der Waals surface area contributed by atoms with Crippen molar-refractivity contribution in [1.29, 1.82) is 0 Å². The van der Waals surface area contributed by atoms with Crippen molar-refractivity contribution in [2.75, 3.05) is 20.6 Å². The number of carboxylic acid groups (broad SMARTS) is 1. The molecule has 0 fully saturated rings. The molecule has 1 aromatic heterocycles. The molecule has 0 saturated carbocycles. The lowest BCUT2D eigenvalue weighted by atomic mass is 9.92. The summed E-state index contributed by atoms with van der Waals surface area (Å²) < 4.78 is 65.2. The minimum Gasteiger partial charge on any atom is -0.481 e. The van der Waals surface area contributed by atoms with Crippen molar-refractivity contribution in [2.24, 2.45) is 0 Å². The molecular weight excluding hydrogens is 618 g/mol. The van der Waals surface area contributed by atoms with E-state index in [1.807, 2.05) is 13.0 Å². The van der Waals surface area contributed by atoms with Crippen LogP contribution in [0.25, 0.3) is 11.1 Å². The number of fused-ring (bicyclic) bond motifs is 6. The summed E-state index contributed by atoms with van der Waals surface area (Å²) in [6.45, 7) is 3.57. The highest BCUT2D eigenvalue weighted by Crippen LogP contribution is 2.40. The maximum absolute atomic E-state index is 15.8. The number of amides is 1. The molecule has 1 aliphatic rings. The van der Waals surface area contributed by atoms with E-state index < -0.39 is 53.5 Å². The lowest BCUT2D eigenvalue weighted by Crippen LogP contribution is -2.41. The van der Waals surface area contributed by atoms with Crippen LogP contribution in [0.1, 0.15) is 51.9 Å². The second-order valence-electron chi connectivity index (χ2n) is 11.9. The molecule has 0 spiro atoms. The van der Waals surface area contributed by atoms with Gasteiger partial charge in [-0.3, -0.25) is 19.0 Å². The number of nitrogens with one attached hydrogen (secondary N) is 1. The zero-order valence-corrected chi connectivity index (χ0v) is 26.1. The zero-order valence-electron chi connectivity index (χ0n) is 26.1. The number of carbonyl (C=O) groups is 2. The van der Waals surface area contributed by atoms with Gasteiger partial charge in [0.25, 0.3) is 5.56 Å². The van der Waals surface area contributed by atoms with E-state index in [0.717, 1.165) is 16.3 Å². The van der Waals surface area contributed by atoms with Gasteiger partial charge < -0.3 is 20.1 Å². The van der Waals surface area contributed by atoms with Crippen molar-refractivity contribution in [1.82, 2.24) is 14.8 Å². The number of hydrogen-bond acceptors (Lipinski definition) is 5. The molecule has 47 heavy (non-hydrogen) atoms. The highest BCUT2D eigenvalue weighted by atomic mass is 19.4. The Balaban J connectivity index is 1.79. The van der Waals surface area contributed by atoms with Crippen LogP contribution in [-0.4, -0.2) is 47.1 Å². The molecule has 1 amide bonds. The first-order valence-corrected chi connectivity index (χ1v) is 14.8. The van der Waals surface area contributed by atoms with Gasteiger partial charge in [-0.25, -0.2) is 4.39 Å². The molecule has 4 bridgehead atoms. The highest BCUT2D eigenvalue weighted by molar-refractivity contribution is 5.85. The summed E-state index contributed by atoms with van der Waals surface area (Å²) in [5.41, 5.74) is -0.274. The second-order valence-corrected chi connectivity index (χ2v) is 11.9. The van der Waals surface area contributed by atoms with E-state index in [1.54, 1.807) is 49.3 Å². The number of likely N-dealkylation sites (N-methyl/N-ethyl adjacent to an activating group) is 1. The molecule has 0 radical (unpaired) electrons. The molecule has 0 saturated heterocycles. The van der Waals surface area contributed by atoms with Crippen LogP contribution in [0.2, 0.25) is 0 Å². The average molecular weight is 652 g/mol. The van der Waals surface area contributed by atoms with Gasteiger partial charge in [0.2, 0.25) is 5.91 Å². The van der Waals surface area contributed by atoms with Crippen molar-refractivity contribution in [2.45, 2.75) is 44.9 Å². The number of nitrogens with zero attached hydrogens (tertiary/aromatic N) is 2. The number of alkyl halides is 3. The summed E-state index contributed by atoms with van der Waals surface area (Å²) >= 11 is 0. The second kappa shape index (κ2) is 13.0. The molecule has 0 unspecified atom stereocenters. The summed E-state index contributed by atoms with van der Waals surface area (Å²) in [6, 6.07) is 12.0. The molecule has 246 valence electrons. The third-order valence-electron chi connectivity index (χ3n) is 8.10. The van der Waals surface area contributed by atoms with E-state index in [1.165, 1.54) is 25.1 Å². The fraction of sp³-hybridized carbons (Fsp3) is 0.286. The molecular formula is C35H33F4N3O5. The number of pyridine rings is 1. The number of hydrogen-bond donors (Lipinski definition) is 2. The number of aromatic nitrogens is 1. The maximum Gasteiger partial charge on any atom is 0.416 e. The number of aryl methyl sites for hydroxylation is 2. The van der Waals surface area contributed by atoms with Gasteiger partial charge in [0.05, 0.1) is 18.0 Å². The third-order valence-corrected chi connectivity index (χ3v) is 8.10. The topological polar surface area (TPSA) is 101 Å². The number of carbonyl (C=O) groups excluding carboxylic acids is 1. The molecule has 2 atom stereocenters. The Hall–Kier alpha value is -4.97. The minimum absolute atomic E-state index is 0.0886. The fourth-order valence-corrected chi connectivity index (χ4v) is 5.87. The van der Waals surface area contributed by atoms with Crippen molar-refractivity contribution < 1.29 is 37.0 Å². The van der Waals surface area contributed by atoms with Crippen molar-refractivity contribution >= 4 is 11.9 Å². The Bertz CT molecular complexity index is 1920. The van der Waals surface area contributed by atoms with Crippen LogP contribution in [0.5, 0.6) is 11.5 Å². The Morgan fingerprint density at radius 3 is 2.43 bits per heavy atom. The van der Waals surface area contributed by atoms with Crippen LogP contribution in [0.15, 0.2) is 71.7 Å². The van der Waals surface area contributed by atoms with E-state index in [2.05, 4.69) is 5.32 Å². The van der Waals surface area contributed by atoms with E-state index in [-0.39, 0.29) is 41.0 Å². The molecule has 12 heteroatoms. The van der Waals surface area contributed by atoms with Crippen LogP contribution < -0.4 is 15.6 Å². The normalized spacial score (nSPS) is 16.3. The van der Waals surface area contributed by atoms with Crippen molar-refractivity contribution in [3.05, 3.63) is 116 Å². The Labute approximate surface area is 268 Å². The molecule has 2 N–H and O–H groups in total. The molecule has 4 aromatic rings. The third kappa shape index (κ3) is 7.07. The Morgan fingerprint density at radius 1 is 1.02 bits per heavy atom. The first-order valence-electron chi connectivity index (χ1n) is 14.8. The maximum atomic E-state index is 15.8. The molecule has 5 rings (SSSR count). The molecule has 1 aliphatic heterocycles. The van der Waals surface area contributed by atoms with Gasteiger partial charge in [0.15, 0.2) is 0 Å². The average Bonchev–Trinajstić information content (AvgIpc) is 2.98. The first kappa shape index (κ1) is 33.4. The van der Waals surface area contributed by atoms with Crippen LogP contribution in [-0.2, 0) is 22.2 Å². The lowest BCUT2D eigenvalue weighted by Gasteiger charge is -2.26. The van der Waals surface area contributed by atoms with Crippen LogP contribution in [0.3, 0.4) is 0 Å². The first-order chi connectivity index (χ1) is 22.1. The van der Waals surface area contributed by atoms with Gasteiger partial charge in [0, 0.05) is 29.9 Å². The number of benzene rings is 3. The summed E-state index contributed by atoms with van der Waals surface area (Å²) in [7, 11) is 3.38. The quantitative estimate of drug-likeness (QED) is 0.234. The lowest BCUT2D eigenvalue weighted by molar-refractivity contribution is -0.139. The largest absolute Gasteiger partial charge is 0.481 e. The predicted molar refractivity (Wildman–Crippen MR) is 167 cm³/mol. The Kier molecular flexibility index (Phi) is 9.26. The smallest absolute Gasteiger partial charge is 0.416 e.